The van der Waals surface area contributed by atoms with E-state index in [-0.39, 0.29) is 6.04 Å². The van der Waals surface area contributed by atoms with Crippen molar-refractivity contribution in [2.75, 3.05) is 40.0 Å². The average Bonchev–Trinajstić information content (AvgIpc) is 3.19. The molecule has 0 radical (unpaired) electrons. The van der Waals surface area contributed by atoms with Gasteiger partial charge in [0, 0.05) is 38.8 Å². The summed E-state index contributed by atoms with van der Waals surface area (Å²) < 4.78 is 23.0. The molecule has 29 heavy (non-hydrogen) atoms. The molecule has 1 aliphatic heterocycles. The van der Waals surface area contributed by atoms with E-state index in [9.17, 15) is 0 Å². The Labute approximate surface area is 172 Å². The smallest absolute Gasteiger partial charge is 0.191 e. The Balaban J connectivity index is 1.46. The second-order valence-electron chi connectivity index (χ2n) is 7.16. The number of aliphatic imine (C=N–C) groups is 1. The number of fused-ring (bicyclic) bond motifs is 1. The van der Waals surface area contributed by atoms with E-state index in [0.717, 1.165) is 74.1 Å². The first-order chi connectivity index (χ1) is 14.2. The third kappa shape index (κ3) is 6.11. The molecule has 1 fully saturated rings. The molecule has 2 N–H and O–H groups in total. The number of guanidine groups is 1. The number of nitrogens with zero attached hydrogens (tertiary/aromatic N) is 1. The quantitative estimate of drug-likeness (QED) is 0.378. The van der Waals surface area contributed by atoms with E-state index in [0.29, 0.717) is 12.7 Å². The van der Waals surface area contributed by atoms with Crippen molar-refractivity contribution in [3.05, 3.63) is 30.0 Å². The first-order valence-electron chi connectivity index (χ1n) is 10.5. The third-order valence-electron chi connectivity index (χ3n) is 4.97. The minimum atomic E-state index is -0.0263. The van der Waals surface area contributed by atoms with Gasteiger partial charge in [0.25, 0.3) is 0 Å². The van der Waals surface area contributed by atoms with E-state index in [2.05, 4.69) is 22.5 Å². The van der Waals surface area contributed by atoms with Crippen LogP contribution in [0.2, 0.25) is 0 Å². The van der Waals surface area contributed by atoms with Gasteiger partial charge < -0.3 is 29.3 Å². The van der Waals surface area contributed by atoms with Crippen molar-refractivity contribution in [3.63, 3.8) is 0 Å². The summed E-state index contributed by atoms with van der Waals surface area (Å²) >= 11 is 0. The fourth-order valence-electron chi connectivity index (χ4n) is 3.38. The van der Waals surface area contributed by atoms with Crippen molar-refractivity contribution in [2.24, 2.45) is 4.99 Å². The molecule has 0 spiro atoms. The molecular weight excluding hydrogens is 370 g/mol. The summed E-state index contributed by atoms with van der Waals surface area (Å²) in [5.74, 6) is 2.36. The predicted molar refractivity (Wildman–Crippen MR) is 115 cm³/mol. The molecule has 2 aromatic rings. The van der Waals surface area contributed by atoms with Crippen molar-refractivity contribution < 1.29 is 18.6 Å². The van der Waals surface area contributed by atoms with Crippen LogP contribution in [-0.2, 0) is 9.47 Å². The summed E-state index contributed by atoms with van der Waals surface area (Å²) in [6.07, 6.45) is 3.26. The molecule has 0 bridgehead atoms. The topological polar surface area (TPSA) is 77.2 Å². The Hall–Kier alpha value is -2.25. The summed E-state index contributed by atoms with van der Waals surface area (Å²) in [4.78, 5) is 4.31. The molecule has 1 saturated heterocycles. The molecule has 1 aromatic carbocycles. The maximum absolute atomic E-state index is 6.07. The van der Waals surface area contributed by atoms with Gasteiger partial charge in [0.1, 0.15) is 5.76 Å². The zero-order valence-corrected chi connectivity index (χ0v) is 17.7. The molecule has 3 rings (SSSR count). The molecule has 0 saturated carbocycles. The summed E-state index contributed by atoms with van der Waals surface area (Å²) in [7, 11) is 1.77. The van der Waals surface area contributed by atoms with Crippen LogP contribution in [0.5, 0.6) is 5.75 Å². The highest BCUT2D eigenvalue weighted by Crippen LogP contribution is 2.31. The number of furan rings is 1. The number of rotatable bonds is 9. The van der Waals surface area contributed by atoms with Crippen molar-refractivity contribution in [2.45, 2.75) is 45.3 Å². The lowest BCUT2D eigenvalue weighted by atomic mass is 10.1. The second kappa shape index (κ2) is 11.1. The zero-order valence-electron chi connectivity index (χ0n) is 17.7. The van der Waals surface area contributed by atoms with Gasteiger partial charge in [-0.1, -0.05) is 12.1 Å². The number of benzene rings is 1. The van der Waals surface area contributed by atoms with E-state index in [4.69, 9.17) is 18.6 Å². The average molecular weight is 404 g/mol. The first kappa shape index (κ1) is 21.5. The van der Waals surface area contributed by atoms with Crippen molar-refractivity contribution >= 4 is 16.9 Å². The molecule has 1 aromatic heterocycles. The number of para-hydroxylation sites is 1. The predicted octanol–water partition coefficient (Wildman–Crippen LogP) is 3.64. The van der Waals surface area contributed by atoms with Gasteiger partial charge in [0.2, 0.25) is 0 Å². The van der Waals surface area contributed by atoms with Crippen molar-refractivity contribution in [1.82, 2.24) is 10.6 Å². The fraction of sp³-hybridized carbons (Fsp3) is 0.591. The van der Waals surface area contributed by atoms with Gasteiger partial charge in [-0.2, -0.15) is 0 Å². The Morgan fingerprint density at radius 2 is 2.14 bits per heavy atom. The molecule has 160 valence electrons. The maximum atomic E-state index is 6.07. The lowest BCUT2D eigenvalue weighted by Gasteiger charge is -2.22. The van der Waals surface area contributed by atoms with Gasteiger partial charge in [-0.05, 0) is 45.2 Å². The number of hydrogen-bond acceptors (Lipinski definition) is 5. The van der Waals surface area contributed by atoms with Gasteiger partial charge in [-0.3, -0.25) is 4.99 Å². The summed E-state index contributed by atoms with van der Waals surface area (Å²) in [6.45, 7) is 7.79. The van der Waals surface area contributed by atoms with E-state index in [1.807, 2.05) is 31.2 Å². The Morgan fingerprint density at radius 1 is 1.31 bits per heavy atom. The molecule has 0 amide bonds. The van der Waals surface area contributed by atoms with Crippen molar-refractivity contribution in [3.8, 4) is 5.75 Å². The molecule has 7 nitrogen and oxygen atoms in total. The van der Waals surface area contributed by atoms with Gasteiger partial charge >= 0.3 is 0 Å². The van der Waals surface area contributed by atoms with Gasteiger partial charge in [-0.15, -0.1) is 0 Å². The van der Waals surface area contributed by atoms with Gasteiger partial charge in [0.15, 0.2) is 17.3 Å². The maximum Gasteiger partial charge on any atom is 0.191 e. The van der Waals surface area contributed by atoms with Crippen molar-refractivity contribution in [1.29, 1.82) is 0 Å². The van der Waals surface area contributed by atoms with E-state index < -0.39 is 0 Å². The first-order valence-corrected chi connectivity index (χ1v) is 10.5. The molecule has 2 heterocycles. The monoisotopic (exact) mass is 403 g/mol. The van der Waals surface area contributed by atoms with Gasteiger partial charge in [0.05, 0.1) is 18.8 Å². The van der Waals surface area contributed by atoms with Crippen LogP contribution in [0.4, 0.5) is 0 Å². The van der Waals surface area contributed by atoms with E-state index in [1.165, 1.54) is 0 Å². The fourth-order valence-corrected chi connectivity index (χ4v) is 3.38. The van der Waals surface area contributed by atoms with Crippen LogP contribution >= 0.6 is 0 Å². The molecule has 1 aliphatic rings. The third-order valence-corrected chi connectivity index (χ3v) is 4.97. The standard InChI is InChI=1S/C22H33N3O4/c1-4-27-19-8-5-7-17-15-20(29-21(17)19)16(2)25-22(23-3)24-11-6-12-28-18-9-13-26-14-10-18/h5,7-8,15-16,18H,4,6,9-14H2,1-3H3,(H2,23,24,25). The Morgan fingerprint density at radius 3 is 2.90 bits per heavy atom. The number of ether oxygens (including phenoxy) is 3. The summed E-state index contributed by atoms with van der Waals surface area (Å²) in [5, 5.41) is 7.76. The number of nitrogens with one attached hydrogen (secondary N) is 2. The normalized spacial score (nSPS) is 16.7. The minimum Gasteiger partial charge on any atom is -0.490 e. The lowest BCUT2D eigenvalue weighted by molar-refractivity contribution is -0.0320. The highest BCUT2D eigenvalue weighted by atomic mass is 16.5. The molecule has 1 atom stereocenters. The molecule has 1 unspecified atom stereocenters. The zero-order chi connectivity index (χ0) is 20.5. The van der Waals surface area contributed by atoms with E-state index in [1.54, 1.807) is 7.05 Å². The van der Waals surface area contributed by atoms with Crippen LogP contribution in [0.15, 0.2) is 33.7 Å². The Bertz CT molecular complexity index is 783. The lowest BCUT2D eigenvalue weighted by Crippen LogP contribution is -2.39. The molecule has 0 aliphatic carbocycles. The van der Waals surface area contributed by atoms with Crippen LogP contribution in [-0.4, -0.2) is 52.1 Å². The van der Waals surface area contributed by atoms with Crippen LogP contribution in [0, 0.1) is 0 Å². The summed E-state index contributed by atoms with van der Waals surface area (Å²) in [6, 6.07) is 7.96. The summed E-state index contributed by atoms with van der Waals surface area (Å²) in [5.41, 5.74) is 0.784. The highest BCUT2D eigenvalue weighted by molar-refractivity contribution is 5.84. The largest absolute Gasteiger partial charge is 0.490 e. The highest BCUT2D eigenvalue weighted by Gasteiger charge is 2.16. The van der Waals surface area contributed by atoms with Crippen LogP contribution in [0.25, 0.3) is 11.0 Å². The van der Waals surface area contributed by atoms with Crippen LogP contribution in [0.1, 0.15) is 44.9 Å². The molecular formula is C22H33N3O4. The van der Waals surface area contributed by atoms with Crippen LogP contribution < -0.4 is 15.4 Å². The van der Waals surface area contributed by atoms with E-state index >= 15 is 0 Å². The number of hydrogen-bond donors (Lipinski definition) is 2. The van der Waals surface area contributed by atoms with Crippen LogP contribution in [0.3, 0.4) is 0 Å². The minimum absolute atomic E-state index is 0.0263. The SMILES string of the molecule is CCOc1cccc2cc(C(C)NC(=NC)NCCCOC3CCOCC3)oc12. The van der Waals surface area contributed by atoms with Gasteiger partial charge in [-0.25, -0.2) is 0 Å². The second-order valence-corrected chi connectivity index (χ2v) is 7.16. The Kier molecular flexibility index (Phi) is 8.19. The molecule has 7 heteroatoms.